The van der Waals surface area contributed by atoms with Gasteiger partial charge in [-0.25, -0.2) is 0 Å². The summed E-state index contributed by atoms with van der Waals surface area (Å²) < 4.78 is 0. The van der Waals surface area contributed by atoms with E-state index in [0.717, 1.165) is 48.3 Å². The summed E-state index contributed by atoms with van der Waals surface area (Å²) in [6, 6.07) is 17.1. The van der Waals surface area contributed by atoms with Gasteiger partial charge in [0.05, 0.1) is 5.71 Å². The first-order chi connectivity index (χ1) is 14.6. The van der Waals surface area contributed by atoms with Crippen LogP contribution in [0.3, 0.4) is 0 Å². The van der Waals surface area contributed by atoms with Crippen molar-refractivity contribution in [2.24, 2.45) is 5.16 Å². The molecule has 2 aromatic carbocycles. The van der Waals surface area contributed by atoms with Crippen LogP contribution >= 0.6 is 0 Å². The van der Waals surface area contributed by atoms with Gasteiger partial charge < -0.3 is 15.1 Å². The number of hydrogen-bond donors (Lipinski definition) is 1. The van der Waals surface area contributed by atoms with Crippen LogP contribution in [-0.2, 0) is 20.8 Å². The number of amides is 2. The minimum absolute atomic E-state index is 0.0252. The fraction of sp³-hybridized carbons (Fsp3) is 0.375. The summed E-state index contributed by atoms with van der Waals surface area (Å²) >= 11 is 0. The van der Waals surface area contributed by atoms with Gasteiger partial charge >= 0.3 is 0 Å². The first-order valence-corrected chi connectivity index (χ1v) is 10.5. The fourth-order valence-electron chi connectivity index (χ4n) is 4.05. The Bertz CT molecular complexity index is 936. The molecule has 6 heteroatoms. The van der Waals surface area contributed by atoms with Crippen LogP contribution in [0.15, 0.2) is 59.8 Å². The van der Waals surface area contributed by atoms with Gasteiger partial charge in [-0.15, -0.1) is 0 Å². The molecule has 1 N–H and O–H groups in total. The van der Waals surface area contributed by atoms with E-state index in [1.807, 2.05) is 66.4 Å². The van der Waals surface area contributed by atoms with Crippen molar-refractivity contribution in [1.29, 1.82) is 0 Å². The average Bonchev–Trinajstić information content (AvgIpc) is 3.46. The summed E-state index contributed by atoms with van der Waals surface area (Å²) in [5, 5.41) is 7.09. The van der Waals surface area contributed by atoms with Crippen molar-refractivity contribution in [1.82, 2.24) is 10.2 Å². The molecule has 2 aliphatic rings. The number of nitrogens with zero attached hydrogens (tertiary/aromatic N) is 2. The van der Waals surface area contributed by atoms with Crippen LogP contribution in [0.2, 0.25) is 0 Å². The number of rotatable bonds is 6. The number of benzene rings is 2. The van der Waals surface area contributed by atoms with E-state index < -0.39 is 12.1 Å². The van der Waals surface area contributed by atoms with Crippen molar-refractivity contribution in [2.45, 2.75) is 44.8 Å². The van der Waals surface area contributed by atoms with Crippen LogP contribution in [0.1, 0.15) is 36.0 Å². The van der Waals surface area contributed by atoms with Crippen molar-refractivity contribution in [2.75, 3.05) is 13.1 Å². The number of oxime groups is 1. The van der Waals surface area contributed by atoms with E-state index in [1.165, 1.54) is 0 Å². The summed E-state index contributed by atoms with van der Waals surface area (Å²) in [6.07, 6.45) is 2.16. The van der Waals surface area contributed by atoms with Crippen molar-refractivity contribution in [3.05, 3.63) is 71.3 Å². The Balaban J connectivity index is 1.44. The number of aryl methyl sites for hydroxylation is 1. The lowest BCUT2D eigenvalue weighted by atomic mass is 9.99. The van der Waals surface area contributed by atoms with Crippen molar-refractivity contribution >= 4 is 17.5 Å². The standard InChI is InChI=1S/C24H27N3O3/c1-17-9-5-6-12-19(17)20-16-22(30-26-20)23(28)25-21(15-18-10-3-2-4-11-18)24(29)27-13-7-8-14-27/h2-6,9-12,21-22H,7-8,13-16H2,1H3,(H,25,28)/t21-,22-/m0/s1. The molecule has 30 heavy (non-hydrogen) atoms. The summed E-state index contributed by atoms with van der Waals surface area (Å²) in [5.41, 5.74) is 3.85. The third-order valence-corrected chi connectivity index (χ3v) is 5.73. The highest BCUT2D eigenvalue weighted by Crippen LogP contribution is 2.20. The lowest BCUT2D eigenvalue weighted by Crippen LogP contribution is -2.51. The molecule has 4 rings (SSSR count). The van der Waals surface area contributed by atoms with Crippen molar-refractivity contribution in [3.63, 3.8) is 0 Å². The summed E-state index contributed by atoms with van der Waals surface area (Å²) in [5.74, 6) is -0.321. The monoisotopic (exact) mass is 405 g/mol. The number of hydrogen-bond acceptors (Lipinski definition) is 4. The molecular formula is C24H27N3O3. The SMILES string of the molecule is Cc1ccccc1C1=NO[C@H](C(=O)N[C@@H](Cc2ccccc2)C(=O)N2CCCC2)C1. The molecule has 6 nitrogen and oxygen atoms in total. The maximum absolute atomic E-state index is 13.1. The predicted octanol–water partition coefficient (Wildman–Crippen LogP) is 2.84. The molecule has 0 unspecified atom stereocenters. The molecule has 2 aromatic rings. The Hall–Kier alpha value is -3.15. The van der Waals surface area contributed by atoms with Crippen LogP contribution in [0.25, 0.3) is 0 Å². The topological polar surface area (TPSA) is 71.0 Å². The second kappa shape index (κ2) is 9.11. The zero-order valence-corrected chi connectivity index (χ0v) is 17.2. The van der Waals surface area contributed by atoms with E-state index in [9.17, 15) is 9.59 Å². The Morgan fingerprint density at radius 2 is 1.80 bits per heavy atom. The highest BCUT2D eigenvalue weighted by molar-refractivity contribution is 6.05. The van der Waals surface area contributed by atoms with Gasteiger partial charge in [-0.3, -0.25) is 9.59 Å². The van der Waals surface area contributed by atoms with Gasteiger partial charge in [0, 0.05) is 31.5 Å². The average molecular weight is 405 g/mol. The fourth-order valence-corrected chi connectivity index (χ4v) is 4.05. The van der Waals surface area contributed by atoms with Gasteiger partial charge in [-0.05, 0) is 30.9 Å². The molecule has 2 atom stereocenters. The first-order valence-electron chi connectivity index (χ1n) is 10.5. The second-order valence-electron chi connectivity index (χ2n) is 7.93. The Morgan fingerprint density at radius 3 is 2.53 bits per heavy atom. The number of likely N-dealkylation sites (tertiary alicyclic amines) is 1. The van der Waals surface area contributed by atoms with Crippen LogP contribution < -0.4 is 5.32 Å². The van der Waals surface area contributed by atoms with Gasteiger partial charge in [0.25, 0.3) is 5.91 Å². The molecule has 156 valence electrons. The minimum Gasteiger partial charge on any atom is -0.382 e. The molecule has 2 amide bonds. The summed E-state index contributed by atoms with van der Waals surface area (Å²) in [6.45, 7) is 3.51. The first kappa shape index (κ1) is 20.1. The molecule has 2 aliphatic heterocycles. The molecule has 0 saturated carbocycles. The van der Waals surface area contributed by atoms with Gasteiger partial charge in [0.1, 0.15) is 6.04 Å². The summed E-state index contributed by atoms with van der Waals surface area (Å²) in [7, 11) is 0. The highest BCUT2D eigenvalue weighted by Gasteiger charge is 2.34. The molecule has 0 bridgehead atoms. The second-order valence-corrected chi connectivity index (χ2v) is 7.93. The van der Waals surface area contributed by atoms with Gasteiger partial charge in [-0.1, -0.05) is 59.8 Å². The molecule has 0 aliphatic carbocycles. The summed E-state index contributed by atoms with van der Waals surface area (Å²) in [4.78, 5) is 33.3. The number of carbonyl (C=O) groups is 2. The van der Waals surface area contributed by atoms with Crippen molar-refractivity contribution in [3.8, 4) is 0 Å². The Labute approximate surface area is 176 Å². The van der Waals surface area contributed by atoms with Gasteiger partial charge in [0.15, 0.2) is 0 Å². The van der Waals surface area contributed by atoms with E-state index in [2.05, 4.69) is 10.5 Å². The molecule has 0 radical (unpaired) electrons. The van der Waals surface area contributed by atoms with Crippen LogP contribution in [0, 0.1) is 6.92 Å². The van der Waals surface area contributed by atoms with Crippen LogP contribution in [-0.4, -0.2) is 47.7 Å². The third-order valence-electron chi connectivity index (χ3n) is 5.73. The predicted molar refractivity (Wildman–Crippen MR) is 115 cm³/mol. The van der Waals surface area contributed by atoms with Gasteiger partial charge in [0.2, 0.25) is 12.0 Å². The van der Waals surface area contributed by atoms with Gasteiger partial charge in [-0.2, -0.15) is 0 Å². The van der Waals surface area contributed by atoms with E-state index in [-0.39, 0.29) is 11.8 Å². The molecule has 1 fully saturated rings. The zero-order valence-electron chi connectivity index (χ0n) is 17.2. The highest BCUT2D eigenvalue weighted by atomic mass is 16.6. The van der Waals surface area contributed by atoms with Crippen molar-refractivity contribution < 1.29 is 14.4 Å². The third kappa shape index (κ3) is 4.53. The maximum atomic E-state index is 13.1. The van der Waals surface area contributed by atoms with E-state index in [4.69, 9.17) is 4.84 Å². The smallest absolute Gasteiger partial charge is 0.265 e. The van der Waals surface area contributed by atoms with Crippen LogP contribution in [0.5, 0.6) is 0 Å². The molecule has 2 heterocycles. The quantitative estimate of drug-likeness (QED) is 0.803. The number of nitrogens with one attached hydrogen (secondary N) is 1. The Kier molecular flexibility index (Phi) is 6.12. The largest absolute Gasteiger partial charge is 0.382 e. The van der Waals surface area contributed by atoms with E-state index in [0.29, 0.717) is 12.8 Å². The lowest BCUT2D eigenvalue weighted by Gasteiger charge is -2.25. The minimum atomic E-state index is -0.718. The molecule has 0 aromatic heterocycles. The Morgan fingerprint density at radius 1 is 1.10 bits per heavy atom. The van der Waals surface area contributed by atoms with E-state index >= 15 is 0 Å². The molecular weight excluding hydrogens is 378 g/mol. The molecule has 0 spiro atoms. The number of carbonyl (C=O) groups excluding carboxylic acids is 2. The maximum Gasteiger partial charge on any atom is 0.265 e. The molecule has 1 saturated heterocycles. The van der Waals surface area contributed by atoms with Crippen LogP contribution in [0.4, 0.5) is 0 Å². The normalized spacial score (nSPS) is 19.2. The zero-order chi connectivity index (χ0) is 20.9. The lowest BCUT2D eigenvalue weighted by molar-refractivity contribution is -0.139. The van der Waals surface area contributed by atoms with E-state index in [1.54, 1.807) is 0 Å².